The molecule has 2 heterocycles. The van der Waals surface area contributed by atoms with E-state index in [1.807, 2.05) is 13.0 Å². The fourth-order valence-electron chi connectivity index (χ4n) is 1.81. The molecule has 2 amide bonds. The summed E-state index contributed by atoms with van der Waals surface area (Å²) < 4.78 is 5.36. The minimum absolute atomic E-state index is 0.0225. The molecule has 1 saturated heterocycles. The average Bonchev–Trinajstić information content (AvgIpc) is 2.91. The first-order valence-corrected chi connectivity index (χ1v) is 6.28. The molecule has 1 atom stereocenters. The Morgan fingerprint density at radius 2 is 2.26 bits per heavy atom. The zero-order valence-corrected chi connectivity index (χ0v) is 10.8. The zero-order chi connectivity index (χ0) is 13.7. The summed E-state index contributed by atoms with van der Waals surface area (Å²) in [6.07, 6.45) is 3.57. The number of nitrogens with zero attached hydrogens (tertiary/aromatic N) is 1. The number of aryl methyl sites for hydroxylation is 1. The number of amides is 2. The molecule has 1 aromatic heterocycles. The summed E-state index contributed by atoms with van der Waals surface area (Å²) in [5, 5.41) is 4.99. The molecule has 1 fully saturated rings. The van der Waals surface area contributed by atoms with Crippen LogP contribution in [0.15, 0.2) is 18.3 Å². The second kappa shape index (κ2) is 6.29. The molecule has 6 heteroatoms. The molecule has 6 nitrogen and oxygen atoms in total. The SMILES string of the molecule is Cc1ccc(NC(=O)C(=O)NCC2CCCO2)nc1. The number of rotatable bonds is 3. The monoisotopic (exact) mass is 263 g/mol. The Bertz CT molecular complexity index is 453. The van der Waals surface area contributed by atoms with Crippen molar-refractivity contribution in [3.8, 4) is 0 Å². The van der Waals surface area contributed by atoms with Gasteiger partial charge in [-0.1, -0.05) is 6.07 Å². The summed E-state index contributed by atoms with van der Waals surface area (Å²) in [6, 6.07) is 3.47. The maximum absolute atomic E-state index is 11.6. The van der Waals surface area contributed by atoms with E-state index in [9.17, 15) is 9.59 Å². The number of pyridine rings is 1. The number of carbonyl (C=O) groups is 2. The van der Waals surface area contributed by atoms with Crippen molar-refractivity contribution >= 4 is 17.6 Å². The topological polar surface area (TPSA) is 80.3 Å². The van der Waals surface area contributed by atoms with Gasteiger partial charge in [0, 0.05) is 19.3 Å². The van der Waals surface area contributed by atoms with Crippen molar-refractivity contribution < 1.29 is 14.3 Å². The summed E-state index contributed by atoms with van der Waals surface area (Å²) in [4.78, 5) is 27.2. The van der Waals surface area contributed by atoms with Gasteiger partial charge in [0.05, 0.1) is 6.10 Å². The Balaban J connectivity index is 1.78. The van der Waals surface area contributed by atoms with Crippen molar-refractivity contribution in [1.29, 1.82) is 0 Å². The quantitative estimate of drug-likeness (QED) is 0.784. The maximum Gasteiger partial charge on any atom is 0.314 e. The number of anilines is 1. The first-order valence-electron chi connectivity index (χ1n) is 6.28. The molecule has 2 N–H and O–H groups in total. The molecule has 19 heavy (non-hydrogen) atoms. The van der Waals surface area contributed by atoms with Gasteiger partial charge in [-0.2, -0.15) is 0 Å². The minimum Gasteiger partial charge on any atom is -0.376 e. The lowest BCUT2D eigenvalue weighted by Crippen LogP contribution is -2.39. The Hall–Kier alpha value is -1.95. The average molecular weight is 263 g/mol. The predicted octanol–water partition coefficient (Wildman–Crippen LogP) is 0.624. The van der Waals surface area contributed by atoms with E-state index in [4.69, 9.17) is 4.74 Å². The summed E-state index contributed by atoms with van der Waals surface area (Å²) in [5.41, 5.74) is 0.987. The van der Waals surface area contributed by atoms with Gasteiger partial charge < -0.3 is 15.4 Å². The Kier molecular flexibility index (Phi) is 4.46. The third kappa shape index (κ3) is 4.03. The van der Waals surface area contributed by atoms with E-state index in [0.29, 0.717) is 12.4 Å². The van der Waals surface area contributed by atoms with Crippen LogP contribution in [0.3, 0.4) is 0 Å². The van der Waals surface area contributed by atoms with Gasteiger partial charge in [-0.15, -0.1) is 0 Å². The highest BCUT2D eigenvalue weighted by Gasteiger charge is 2.19. The van der Waals surface area contributed by atoms with Crippen molar-refractivity contribution in [2.45, 2.75) is 25.9 Å². The fourth-order valence-corrected chi connectivity index (χ4v) is 1.81. The molecule has 1 aliphatic heterocycles. The van der Waals surface area contributed by atoms with E-state index in [1.54, 1.807) is 12.3 Å². The van der Waals surface area contributed by atoms with E-state index >= 15 is 0 Å². The smallest absolute Gasteiger partial charge is 0.314 e. The van der Waals surface area contributed by atoms with Crippen LogP contribution in [-0.4, -0.2) is 36.1 Å². The second-order valence-corrected chi connectivity index (χ2v) is 4.52. The molecule has 2 rings (SSSR count). The molecule has 1 aromatic rings. The van der Waals surface area contributed by atoms with Crippen molar-refractivity contribution in [2.24, 2.45) is 0 Å². The van der Waals surface area contributed by atoms with Crippen molar-refractivity contribution in [1.82, 2.24) is 10.3 Å². The Morgan fingerprint density at radius 3 is 2.89 bits per heavy atom. The molecule has 0 bridgehead atoms. The van der Waals surface area contributed by atoms with E-state index < -0.39 is 11.8 Å². The van der Waals surface area contributed by atoms with Gasteiger partial charge >= 0.3 is 11.8 Å². The Morgan fingerprint density at radius 1 is 1.42 bits per heavy atom. The lowest BCUT2D eigenvalue weighted by molar-refractivity contribution is -0.136. The van der Waals surface area contributed by atoms with Gasteiger partial charge in [0.15, 0.2) is 0 Å². The molecule has 0 spiro atoms. The van der Waals surface area contributed by atoms with Crippen LogP contribution in [-0.2, 0) is 14.3 Å². The van der Waals surface area contributed by atoms with Gasteiger partial charge in [-0.3, -0.25) is 9.59 Å². The van der Waals surface area contributed by atoms with Crippen LogP contribution >= 0.6 is 0 Å². The lowest BCUT2D eigenvalue weighted by Gasteiger charge is -2.10. The fraction of sp³-hybridized carbons (Fsp3) is 0.462. The van der Waals surface area contributed by atoms with E-state index in [1.165, 1.54) is 0 Å². The van der Waals surface area contributed by atoms with Crippen LogP contribution in [0.1, 0.15) is 18.4 Å². The van der Waals surface area contributed by atoms with Gasteiger partial charge in [0.25, 0.3) is 0 Å². The number of aromatic nitrogens is 1. The summed E-state index contributed by atoms with van der Waals surface area (Å²) >= 11 is 0. The van der Waals surface area contributed by atoms with Crippen LogP contribution < -0.4 is 10.6 Å². The van der Waals surface area contributed by atoms with Crippen molar-refractivity contribution in [2.75, 3.05) is 18.5 Å². The van der Waals surface area contributed by atoms with Gasteiger partial charge in [-0.05, 0) is 31.4 Å². The molecule has 102 valence electrons. The standard InChI is InChI=1S/C13H17N3O3/c1-9-4-5-11(14-7-9)16-13(18)12(17)15-8-10-3-2-6-19-10/h4-5,7,10H,2-3,6,8H2,1H3,(H,15,17)(H,14,16,18). The third-order valence-corrected chi connectivity index (χ3v) is 2.87. The summed E-state index contributed by atoms with van der Waals surface area (Å²) in [5.74, 6) is -1.02. The molecule has 1 unspecified atom stereocenters. The molecule has 0 radical (unpaired) electrons. The highest BCUT2D eigenvalue weighted by atomic mass is 16.5. The molecule has 0 saturated carbocycles. The van der Waals surface area contributed by atoms with Gasteiger partial charge in [-0.25, -0.2) is 4.98 Å². The minimum atomic E-state index is -0.714. The van der Waals surface area contributed by atoms with Crippen LogP contribution in [0.2, 0.25) is 0 Å². The normalized spacial score (nSPS) is 18.1. The van der Waals surface area contributed by atoms with Gasteiger partial charge in [0.1, 0.15) is 5.82 Å². The predicted molar refractivity (Wildman–Crippen MR) is 69.6 cm³/mol. The maximum atomic E-state index is 11.6. The number of hydrogen-bond acceptors (Lipinski definition) is 4. The number of hydrogen-bond donors (Lipinski definition) is 2. The van der Waals surface area contributed by atoms with Crippen molar-refractivity contribution in [3.63, 3.8) is 0 Å². The third-order valence-electron chi connectivity index (χ3n) is 2.87. The lowest BCUT2D eigenvalue weighted by atomic mass is 10.2. The number of ether oxygens (including phenoxy) is 1. The van der Waals surface area contributed by atoms with Crippen LogP contribution in [0, 0.1) is 6.92 Å². The summed E-state index contributed by atoms with van der Waals surface area (Å²) in [7, 11) is 0. The van der Waals surface area contributed by atoms with E-state index in [0.717, 1.165) is 25.0 Å². The second-order valence-electron chi connectivity index (χ2n) is 4.52. The van der Waals surface area contributed by atoms with E-state index in [2.05, 4.69) is 15.6 Å². The van der Waals surface area contributed by atoms with Gasteiger partial charge in [0.2, 0.25) is 0 Å². The van der Waals surface area contributed by atoms with Crippen LogP contribution in [0.4, 0.5) is 5.82 Å². The highest BCUT2D eigenvalue weighted by molar-refractivity contribution is 6.39. The highest BCUT2D eigenvalue weighted by Crippen LogP contribution is 2.10. The number of nitrogens with one attached hydrogen (secondary N) is 2. The molecule has 1 aliphatic rings. The molecular formula is C13H17N3O3. The Labute approximate surface area is 111 Å². The first kappa shape index (κ1) is 13.5. The van der Waals surface area contributed by atoms with Crippen LogP contribution in [0.25, 0.3) is 0 Å². The number of carbonyl (C=O) groups excluding carboxylic acids is 2. The van der Waals surface area contributed by atoms with E-state index in [-0.39, 0.29) is 6.10 Å². The molecule has 0 aliphatic carbocycles. The van der Waals surface area contributed by atoms with Crippen molar-refractivity contribution in [3.05, 3.63) is 23.9 Å². The largest absolute Gasteiger partial charge is 0.376 e. The molecule has 0 aromatic carbocycles. The zero-order valence-electron chi connectivity index (χ0n) is 10.8. The van der Waals surface area contributed by atoms with Crippen LogP contribution in [0.5, 0.6) is 0 Å². The first-order chi connectivity index (χ1) is 9.15. The summed E-state index contributed by atoms with van der Waals surface area (Å²) in [6.45, 7) is 2.99. The molecular weight excluding hydrogens is 246 g/mol.